The Morgan fingerprint density at radius 2 is 2.09 bits per heavy atom. The summed E-state index contributed by atoms with van der Waals surface area (Å²) in [6, 6.07) is 4.89. The highest BCUT2D eigenvalue weighted by Gasteiger charge is 2.30. The van der Waals surface area contributed by atoms with Gasteiger partial charge in [-0.2, -0.15) is 0 Å². The number of carbonyl (C=O) groups is 1. The van der Waals surface area contributed by atoms with E-state index in [1.165, 1.54) is 6.07 Å². The normalized spacial score (nSPS) is 19.3. The van der Waals surface area contributed by atoms with Gasteiger partial charge in [-0.25, -0.2) is 8.42 Å². The Morgan fingerprint density at radius 3 is 2.68 bits per heavy atom. The molecule has 22 heavy (non-hydrogen) atoms. The Bertz CT molecular complexity index is 701. The fourth-order valence-corrected chi connectivity index (χ4v) is 3.97. The number of likely N-dealkylation sites (tertiary alicyclic amines) is 1. The second-order valence-electron chi connectivity index (χ2n) is 5.29. The van der Waals surface area contributed by atoms with E-state index in [2.05, 4.69) is 0 Å². The zero-order valence-electron chi connectivity index (χ0n) is 12.1. The topological polar surface area (TPSA) is 54.5 Å². The third kappa shape index (κ3) is 4.03. The minimum absolute atomic E-state index is 0.0306. The first kappa shape index (κ1) is 17.3. The number of hydrogen-bond donors (Lipinski definition) is 0. The van der Waals surface area contributed by atoms with Gasteiger partial charge >= 0.3 is 0 Å². The average molecular weight is 362 g/mol. The van der Waals surface area contributed by atoms with Crippen LogP contribution in [0.5, 0.6) is 0 Å². The molecule has 0 aromatic heterocycles. The van der Waals surface area contributed by atoms with E-state index in [0.717, 1.165) is 11.8 Å². The highest BCUT2D eigenvalue weighted by Crippen LogP contribution is 2.32. The summed E-state index contributed by atoms with van der Waals surface area (Å²) in [7, 11) is -3.34. The van der Waals surface area contributed by atoms with Gasteiger partial charge in [-0.1, -0.05) is 29.8 Å². The standard InChI is InChI=1S/C15H17Cl2NO3S/c1-22(20,21)14-5-4-11(8-13(14)17)12-9-15(19)18(10-12)7-3-2-6-16/h2-5,8,12H,6-7,9-10H2,1H3. The minimum atomic E-state index is -3.34. The molecule has 1 atom stereocenters. The number of allylic oxidation sites excluding steroid dienone is 1. The van der Waals surface area contributed by atoms with Crippen LogP contribution in [0.2, 0.25) is 5.02 Å². The van der Waals surface area contributed by atoms with Gasteiger partial charge in [-0.15, -0.1) is 11.6 Å². The first-order valence-corrected chi connectivity index (χ1v) is 9.61. The number of hydrogen-bond acceptors (Lipinski definition) is 3. The van der Waals surface area contributed by atoms with Gasteiger partial charge < -0.3 is 4.90 Å². The highest BCUT2D eigenvalue weighted by molar-refractivity contribution is 7.90. The molecule has 4 nitrogen and oxygen atoms in total. The lowest BCUT2D eigenvalue weighted by atomic mass is 9.98. The molecule has 1 fully saturated rings. The summed E-state index contributed by atoms with van der Waals surface area (Å²) in [6.45, 7) is 1.14. The van der Waals surface area contributed by atoms with Crippen LogP contribution in [0.4, 0.5) is 0 Å². The predicted molar refractivity (Wildman–Crippen MR) is 88.4 cm³/mol. The van der Waals surface area contributed by atoms with Gasteiger partial charge in [-0.05, 0) is 17.7 Å². The van der Waals surface area contributed by atoms with Crippen LogP contribution in [-0.2, 0) is 14.6 Å². The summed E-state index contributed by atoms with van der Waals surface area (Å²) in [5.41, 5.74) is 0.884. The Hall–Kier alpha value is -1.04. The summed E-state index contributed by atoms with van der Waals surface area (Å²) < 4.78 is 23.1. The molecule has 1 amide bonds. The number of carbonyl (C=O) groups excluding carboxylic acids is 1. The van der Waals surface area contributed by atoms with Gasteiger partial charge in [0, 0.05) is 37.6 Å². The van der Waals surface area contributed by atoms with Crippen molar-refractivity contribution in [3.05, 3.63) is 40.9 Å². The molecule has 2 rings (SSSR count). The van der Waals surface area contributed by atoms with E-state index in [1.807, 2.05) is 6.08 Å². The Morgan fingerprint density at radius 1 is 1.36 bits per heavy atom. The van der Waals surface area contributed by atoms with Crippen molar-refractivity contribution in [1.82, 2.24) is 4.90 Å². The molecule has 1 aliphatic heterocycles. The van der Waals surface area contributed by atoms with Crippen LogP contribution in [0.1, 0.15) is 17.9 Å². The maximum atomic E-state index is 12.0. The first-order valence-electron chi connectivity index (χ1n) is 6.81. The molecule has 120 valence electrons. The van der Waals surface area contributed by atoms with E-state index in [4.69, 9.17) is 23.2 Å². The van der Waals surface area contributed by atoms with E-state index >= 15 is 0 Å². The fourth-order valence-electron chi connectivity index (χ4n) is 2.51. The summed E-state index contributed by atoms with van der Waals surface area (Å²) >= 11 is 11.6. The minimum Gasteiger partial charge on any atom is -0.338 e. The van der Waals surface area contributed by atoms with Crippen LogP contribution in [0.15, 0.2) is 35.2 Å². The molecule has 1 heterocycles. The Labute approximate surface area is 140 Å². The maximum Gasteiger partial charge on any atom is 0.223 e. The van der Waals surface area contributed by atoms with Gasteiger partial charge in [-0.3, -0.25) is 4.79 Å². The largest absolute Gasteiger partial charge is 0.338 e. The summed E-state index contributed by atoms with van der Waals surface area (Å²) in [6.07, 6.45) is 5.20. The van der Waals surface area contributed by atoms with E-state index in [9.17, 15) is 13.2 Å². The van der Waals surface area contributed by atoms with Crippen molar-refractivity contribution in [2.75, 3.05) is 25.2 Å². The van der Waals surface area contributed by atoms with Gasteiger partial charge in [0.05, 0.1) is 9.92 Å². The van der Waals surface area contributed by atoms with Gasteiger partial charge in [0.25, 0.3) is 0 Å². The van der Waals surface area contributed by atoms with Crippen LogP contribution >= 0.6 is 23.2 Å². The molecule has 1 saturated heterocycles. The molecule has 0 radical (unpaired) electrons. The lowest BCUT2D eigenvalue weighted by Gasteiger charge is -2.15. The van der Waals surface area contributed by atoms with Crippen molar-refractivity contribution in [3.63, 3.8) is 0 Å². The van der Waals surface area contributed by atoms with Crippen molar-refractivity contribution in [1.29, 1.82) is 0 Å². The van der Waals surface area contributed by atoms with Crippen LogP contribution < -0.4 is 0 Å². The van der Waals surface area contributed by atoms with Crippen molar-refractivity contribution in [2.45, 2.75) is 17.2 Å². The second-order valence-corrected chi connectivity index (χ2v) is 7.99. The monoisotopic (exact) mass is 361 g/mol. The van der Waals surface area contributed by atoms with Gasteiger partial charge in [0.1, 0.15) is 0 Å². The Kier molecular flexibility index (Phi) is 5.53. The van der Waals surface area contributed by atoms with Crippen LogP contribution in [0.25, 0.3) is 0 Å². The van der Waals surface area contributed by atoms with Crippen LogP contribution in [0, 0.1) is 0 Å². The van der Waals surface area contributed by atoms with Gasteiger partial charge in [0.2, 0.25) is 5.91 Å². The zero-order valence-corrected chi connectivity index (χ0v) is 14.5. The molecule has 7 heteroatoms. The third-order valence-corrected chi connectivity index (χ3v) is 5.38. The first-order chi connectivity index (χ1) is 10.3. The summed E-state index contributed by atoms with van der Waals surface area (Å²) in [5.74, 6) is 0.532. The molecular formula is C15H17Cl2NO3S. The molecule has 0 bridgehead atoms. The number of alkyl halides is 1. The third-order valence-electron chi connectivity index (χ3n) is 3.62. The molecule has 1 aromatic carbocycles. The second kappa shape index (κ2) is 7.02. The SMILES string of the molecule is CS(=O)(=O)c1ccc(C2CC(=O)N(CC=CCCl)C2)cc1Cl. The van der Waals surface area contributed by atoms with Crippen molar-refractivity contribution in [2.24, 2.45) is 0 Å². The molecule has 0 saturated carbocycles. The Balaban J connectivity index is 2.15. The van der Waals surface area contributed by atoms with E-state index in [0.29, 0.717) is 25.4 Å². The number of amides is 1. The lowest BCUT2D eigenvalue weighted by Crippen LogP contribution is -2.25. The zero-order chi connectivity index (χ0) is 16.3. The molecule has 0 spiro atoms. The quantitative estimate of drug-likeness (QED) is 0.598. The lowest BCUT2D eigenvalue weighted by molar-refractivity contribution is -0.127. The van der Waals surface area contributed by atoms with Crippen molar-refractivity contribution < 1.29 is 13.2 Å². The van der Waals surface area contributed by atoms with Crippen LogP contribution in [0.3, 0.4) is 0 Å². The predicted octanol–water partition coefficient (Wildman–Crippen LogP) is 2.85. The number of benzene rings is 1. The fraction of sp³-hybridized carbons (Fsp3) is 0.400. The smallest absolute Gasteiger partial charge is 0.223 e. The number of halogens is 2. The number of nitrogens with zero attached hydrogens (tertiary/aromatic N) is 1. The van der Waals surface area contributed by atoms with E-state index < -0.39 is 9.84 Å². The maximum absolute atomic E-state index is 12.0. The summed E-state index contributed by atoms with van der Waals surface area (Å²) in [5, 5.41) is 0.202. The molecule has 1 aromatic rings. The number of sulfone groups is 1. The van der Waals surface area contributed by atoms with Gasteiger partial charge in [0.15, 0.2) is 9.84 Å². The molecular weight excluding hydrogens is 345 g/mol. The molecule has 1 aliphatic rings. The summed E-state index contributed by atoms with van der Waals surface area (Å²) in [4.78, 5) is 13.9. The van der Waals surface area contributed by atoms with Crippen molar-refractivity contribution >= 4 is 38.9 Å². The van der Waals surface area contributed by atoms with E-state index in [1.54, 1.807) is 23.1 Å². The van der Waals surface area contributed by atoms with E-state index in [-0.39, 0.29) is 21.7 Å². The van der Waals surface area contributed by atoms with Crippen LogP contribution in [-0.4, -0.2) is 44.5 Å². The molecule has 1 unspecified atom stereocenters. The van der Waals surface area contributed by atoms with Crippen molar-refractivity contribution in [3.8, 4) is 0 Å². The molecule has 0 aliphatic carbocycles. The molecule has 0 N–H and O–H groups in total. The number of rotatable bonds is 5. The highest BCUT2D eigenvalue weighted by atomic mass is 35.5. The average Bonchev–Trinajstić information content (AvgIpc) is 2.79.